The average Bonchev–Trinajstić information content (AvgIpc) is 2.87. The van der Waals surface area contributed by atoms with Crippen LogP contribution in [0, 0.1) is 5.41 Å². The van der Waals surface area contributed by atoms with Gasteiger partial charge in [0.1, 0.15) is 5.65 Å². The highest BCUT2D eigenvalue weighted by atomic mass is 16.1. The monoisotopic (exact) mass is 304 g/mol. The van der Waals surface area contributed by atoms with Crippen molar-refractivity contribution in [1.29, 1.82) is 0 Å². The molecule has 2 heterocycles. The quantitative estimate of drug-likeness (QED) is 0.588. The average molecular weight is 304 g/mol. The number of pyridine rings is 1. The van der Waals surface area contributed by atoms with Crippen molar-refractivity contribution in [3.63, 3.8) is 0 Å². The Morgan fingerprint density at radius 2 is 1.96 bits per heavy atom. The molecule has 0 spiro atoms. The van der Waals surface area contributed by atoms with E-state index < -0.39 is 0 Å². The van der Waals surface area contributed by atoms with Crippen LogP contribution in [0.5, 0.6) is 0 Å². The van der Waals surface area contributed by atoms with E-state index in [4.69, 9.17) is 0 Å². The molecule has 2 aromatic heterocycles. The number of nitrogens with zero attached hydrogens (tertiary/aromatic N) is 2. The van der Waals surface area contributed by atoms with Crippen molar-refractivity contribution in [1.82, 2.24) is 9.38 Å². The Labute approximate surface area is 135 Å². The standard InChI is InChI=1S/C20H20N2O/c1-19(2)14-8-10-20(19,3)16-15(14)18(23)21-17-13-7-5-4-6-12(13)9-11-22(16)17/h4-7,9,11,14H,8,10H2,1-3H3. The molecule has 2 unspecified atom stereocenters. The van der Waals surface area contributed by atoms with Gasteiger partial charge in [-0.05, 0) is 35.6 Å². The molecule has 0 N–H and O–H groups in total. The Morgan fingerprint density at radius 3 is 2.78 bits per heavy atom. The molecular weight excluding hydrogens is 284 g/mol. The molecule has 2 bridgehead atoms. The summed E-state index contributed by atoms with van der Waals surface area (Å²) in [6, 6.07) is 10.3. The third kappa shape index (κ3) is 1.33. The molecule has 3 nitrogen and oxygen atoms in total. The zero-order valence-corrected chi connectivity index (χ0v) is 13.8. The summed E-state index contributed by atoms with van der Waals surface area (Å²) >= 11 is 0. The van der Waals surface area contributed by atoms with Gasteiger partial charge < -0.3 is 4.40 Å². The lowest BCUT2D eigenvalue weighted by Gasteiger charge is -2.35. The van der Waals surface area contributed by atoms with Gasteiger partial charge in [-0.25, -0.2) is 0 Å². The molecule has 1 saturated carbocycles. The predicted octanol–water partition coefficient (Wildman–Crippen LogP) is 4.02. The first-order chi connectivity index (χ1) is 10.9. The van der Waals surface area contributed by atoms with E-state index in [2.05, 4.69) is 54.6 Å². The van der Waals surface area contributed by atoms with Crippen LogP contribution in [-0.2, 0) is 5.41 Å². The second-order valence-corrected chi connectivity index (χ2v) is 7.92. The summed E-state index contributed by atoms with van der Waals surface area (Å²) in [7, 11) is 0. The van der Waals surface area contributed by atoms with Crippen LogP contribution in [0.1, 0.15) is 50.8 Å². The van der Waals surface area contributed by atoms with E-state index >= 15 is 0 Å². The smallest absolute Gasteiger partial charge is 0.277 e. The molecule has 2 aliphatic rings. The molecule has 1 fully saturated rings. The first-order valence-corrected chi connectivity index (χ1v) is 8.40. The zero-order valence-electron chi connectivity index (χ0n) is 13.8. The van der Waals surface area contributed by atoms with Crippen molar-refractivity contribution in [2.45, 2.75) is 44.9 Å². The number of fused-ring (bicyclic) bond motifs is 9. The van der Waals surface area contributed by atoms with Gasteiger partial charge in [-0.15, -0.1) is 0 Å². The Balaban J connectivity index is 2.02. The van der Waals surface area contributed by atoms with Crippen LogP contribution < -0.4 is 5.56 Å². The Morgan fingerprint density at radius 1 is 1.17 bits per heavy atom. The third-order valence-corrected chi connectivity index (χ3v) is 6.86. The summed E-state index contributed by atoms with van der Waals surface area (Å²) in [6.07, 6.45) is 4.36. The van der Waals surface area contributed by atoms with Gasteiger partial charge in [0.15, 0.2) is 0 Å². The Bertz CT molecular complexity index is 1050. The van der Waals surface area contributed by atoms with Gasteiger partial charge in [-0.1, -0.05) is 45.0 Å². The van der Waals surface area contributed by atoms with E-state index in [0.29, 0.717) is 5.92 Å². The molecule has 0 aliphatic heterocycles. The van der Waals surface area contributed by atoms with E-state index in [1.54, 1.807) is 0 Å². The predicted molar refractivity (Wildman–Crippen MR) is 92.1 cm³/mol. The van der Waals surface area contributed by atoms with Gasteiger partial charge in [0, 0.05) is 28.3 Å². The lowest BCUT2D eigenvalue weighted by Crippen LogP contribution is -2.33. The molecular formula is C20H20N2O. The van der Waals surface area contributed by atoms with Crippen LogP contribution in [-0.4, -0.2) is 9.38 Å². The minimum absolute atomic E-state index is 0.0159. The van der Waals surface area contributed by atoms with Crippen LogP contribution in [0.3, 0.4) is 0 Å². The molecule has 3 heteroatoms. The molecule has 0 amide bonds. The fourth-order valence-electron chi connectivity index (χ4n) is 5.19. The number of hydrogen-bond donors (Lipinski definition) is 0. The van der Waals surface area contributed by atoms with Crippen molar-refractivity contribution < 1.29 is 0 Å². The van der Waals surface area contributed by atoms with Gasteiger partial charge in [0.25, 0.3) is 5.56 Å². The van der Waals surface area contributed by atoms with E-state index in [0.717, 1.165) is 34.8 Å². The van der Waals surface area contributed by atoms with E-state index in [-0.39, 0.29) is 16.4 Å². The Hall–Kier alpha value is -2.16. The van der Waals surface area contributed by atoms with Crippen molar-refractivity contribution >= 4 is 16.4 Å². The molecule has 5 rings (SSSR count). The van der Waals surface area contributed by atoms with Crippen molar-refractivity contribution in [3.05, 3.63) is 58.1 Å². The second-order valence-electron chi connectivity index (χ2n) is 7.92. The number of benzene rings is 1. The molecule has 3 aromatic rings. The van der Waals surface area contributed by atoms with Gasteiger partial charge in [-0.3, -0.25) is 4.79 Å². The maximum absolute atomic E-state index is 12.9. The molecule has 1 aromatic carbocycles. The normalized spacial score (nSPS) is 27.7. The Kier molecular flexibility index (Phi) is 2.22. The maximum atomic E-state index is 12.9. The van der Waals surface area contributed by atoms with E-state index in [1.807, 2.05) is 12.1 Å². The lowest BCUT2D eigenvalue weighted by atomic mass is 9.70. The topological polar surface area (TPSA) is 34.4 Å². The zero-order chi connectivity index (χ0) is 16.0. The van der Waals surface area contributed by atoms with Crippen LogP contribution in [0.15, 0.2) is 41.3 Å². The highest BCUT2D eigenvalue weighted by molar-refractivity contribution is 5.93. The summed E-state index contributed by atoms with van der Waals surface area (Å²) in [5.74, 6) is 0.339. The van der Waals surface area contributed by atoms with Crippen molar-refractivity contribution in [2.75, 3.05) is 0 Å². The van der Waals surface area contributed by atoms with Crippen LogP contribution >= 0.6 is 0 Å². The van der Waals surface area contributed by atoms with E-state index in [1.165, 1.54) is 5.69 Å². The first-order valence-electron chi connectivity index (χ1n) is 8.40. The molecule has 23 heavy (non-hydrogen) atoms. The first kappa shape index (κ1) is 13.3. The summed E-state index contributed by atoms with van der Waals surface area (Å²) in [5, 5.41) is 2.19. The summed E-state index contributed by atoms with van der Waals surface area (Å²) in [4.78, 5) is 17.4. The maximum Gasteiger partial charge on any atom is 0.277 e. The minimum atomic E-state index is -0.0159. The number of rotatable bonds is 0. The summed E-state index contributed by atoms with van der Waals surface area (Å²) < 4.78 is 2.19. The van der Waals surface area contributed by atoms with Crippen molar-refractivity contribution in [2.24, 2.45) is 5.41 Å². The van der Waals surface area contributed by atoms with Crippen LogP contribution in [0.2, 0.25) is 0 Å². The minimum Gasteiger partial charge on any atom is -0.304 e. The number of aromatic nitrogens is 2. The van der Waals surface area contributed by atoms with Crippen LogP contribution in [0.25, 0.3) is 16.4 Å². The summed E-state index contributed by atoms with van der Waals surface area (Å²) in [6.45, 7) is 6.97. The molecule has 0 radical (unpaired) electrons. The third-order valence-electron chi connectivity index (χ3n) is 6.86. The molecule has 2 aliphatic carbocycles. The fraction of sp³-hybridized carbons (Fsp3) is 0.400. The lowest BCUT2D eigenvalue weighted by molar-refractivity contribution is 0.226. The SMILES string of the molecule is CC12CCC(c3c1n1ccc4ccccc4c1nc3=O)C2(C)C. The fourth-order valence-corrected chi connectivity index (χ4v) is 5.19. The van der Waals surface area contributed by atoms with Crippen molar-refractivity contribution in [3.8, 4) is 0 Å². The van der Waals surface area contributed by atoms with E-state index in [9.17, 15) is 4.79 Å². The van der Waals surface area contributed by atoms with Crippen LogP contribution in [0.4, 0.5) is 0 Å². The highest BCUT2D eigenvalue weighted by Crippen LogP contribution is 2.66. The van der Waals surface area contributed by atoms with Gasteiger partial charge >= 0.3 is 0 Å². The molecule has 0 saturated heterocycles. The second kappa shape index (κ2) is 3.84. The highest BCUT2D eigenvalue weighted by Gasteiger charge is 2.61. The largest absolute Gasteiger partial charge is 0.304 e. The van der Waals surface area contributed by atoms with Gasteiger partial charge in [0.05, 0.1) is 0 Å². The number of hydrogen-bond acceptors (Lipinski definition) is 2. The van der Waals surface area contributed by atoms with Gasteiger partial charge in [-0.2, -0.15) is 4.98 Å². The summed E-state index contributed by atoms with van der Waals surface area (Å²) in [5.41, 5.74) is 3.12. The van der Waals surface area contributed by atoms with Gasteiger partial charge in [0.2, 0.25) is 0 Å². The molecule has 116 valence electrons. The molecule has 2 atom stereocenters.